The maximum absolute atomic E-state index is 11.1. The number of hydrogen-bond donors (Lipinski definition) is 2. The Morgan fingerprint density at radius 3 is 2.90 bits per heavy atom. The van der Waals surface area contributed by atoms with Crippen LogP contribution in [0.5, 0.6) is 0 Å². The van der Waals surface area contributed by atoms with E-state index >= 15 is 0 Å². The highest BCUT2D eigenvalue weighted by Gasteiger charge is 2.27. The number of thioether (sulfide) groups is 1. The first-order valence-electron chi connectivity index (χ1n) is 7.41. The van der Waals surface area contributed by atoms with Gasteiger partial charge in [-0.15, -0.1) is 0 Å². The fourth-order valence-electron chi connectivity index (χ4n) is 2.64. The summed E-state index contributed by atoms with van der Waals surface area (Å²) in [4.78, 5) is 15.1. The van der Waals surface area contributed by atoms with Crippen molar-refractivity contribution < 1.29 is 4.92 Å². The Kier molecular flexibility index (Phi) is 5.67. The molecule has 2 N–H and O–H groups in total. The summed E-state index contributed by atoms with van der Waals surface area (Å²) < 4.78 is 0. The van der Waals surface area contributed by atoms with E-state index in [4.69, 9.17) is 0 Å². The molecule has 1 aliphatic rings. The molecule has 0 bridgehead atoms. The topological polar surface area (TPSA) is 80.1 Å². The van der Waals surface area contributed by atoms with Crippen LogP contribution in [0.1, 0.15) is 33.1 Å². The zero-order valence-electron chi connectivity index (χ0n) is 12.5. The van der Waals surface area contributed by atoms with E-state index in [9.17, 15) is 10.1 Å². The molecular formula is C14H22N4O2S. The lowest BCUT2D eigenvalue weighted by Crippen LogP contribution is -2.18. The van der Waals surface area contributed by atoms with Crippen LogP contribution in [0.2, 0.25) is 0 Å². The minimum absolute atomic E-state index is 0.0447. The molecule has 1 saturated carbocycles. The Balaban J connectivity index is 2.10. The van der Waals surface area contributed by atoms with Crippen LogP contribution in [0, 0.1) is 10.1 Å². The van der Waals surface area contributed by atoms with Crippen LogP contribution in [0.3, 0.4) is 0 Å². The van der Waals surface area contributed by atoms with E-state index < -0.39 is 0 Å². The predicted molar refractivity (Wildman–Crippen MR) is 88.2 cm³/mol. The van der Waals surface area contributed by atoms with Gasteiger partial charge in [0.05, 0.1) is 4.92 Å². The molecule has 0 amide bonds. The van der Waals surface area contributed by atoms with E-state index in [1.54, 1.807) is 6.07 Å². The van der Waals surface area contributed by atoms with Crippen molar-refractivity contribution in [1.29, 1.82) is 0 Å². The molecule has 0 spiro atoms. The summed E-state index contributed by atoms with van der Waals surface area (Å²) in [5.74, 6) is 2.17. The van der Waals surface area contributed by atoms with Crippen LogP contribution in [0.25, 0.3) is 0 Å². The highest BCUT2D eigenvalue weighted by molar-refractivity contribution is 7.99. The molecule has 1 aromatic heterocycles. The lowest BCUT2D eigenvalue weighted by molar-refractivity contribution is -0.384. The van der Waals surface area contributed by atoms with Crippen molar-refractivity contribution in [2.75, 3.05) is 22.9 Å². The lowest BCUT2D eigenvalue weighted by Gasteiger charge is -2.14. The standard InChI is InChI=1S/C14H22N4O2S/c1-3-15-13-8-7-12(18(19)20)14(17-13)16-10-5-6-11(9-10)21-4-2/h7-8,10-11H,3-6,9H2,1-2H3,(H2,15,16,17). The first-order chi connectivity index (χ1) is 10.1. The summed E-state index contributed by atoms with van der Waals surface area (Å²) in [5, 5.41) is 18.2. The lowest BCUT2D eigenvalue weighted by atomic mass is 10.2. The minimum Gasteiger partial charge on any atom is -0.370 e. The number of rotatable bonds is 7. The molecule has 1 aliphatic carbocycles. The van der Waals surface area contributed by atoms with E-state index in [-0.39, 0.29) is 16.7 Å². The Bertz CT molecular complexity index is 498. The van der Waals surface area contributed by atoms with Crippen LogP contribution in [0.4, 0.5) is 17.3 Å². The first kappa shape index (κ1) is 15.9. The SMILES string of the molecule is CCNc1ccc([N+](=O)[O-])c(NC2CCC(SCC)C2)n1. The predicted octanol–water partition coefficient (Wildman–Crippen LogP) is 3.51. The monoisotopic (exact) mass is 310 g/mol. The van der Waals surface area contributed by atoms with Gasteiger partial charge in [0.25, 0.3) is 0 Å². The highest BCUT2D eigenvalue weighted by atomic mass is 32.2. The average Bonchev–Trinajstić information content (AvgIpc) is 2.87. The second-order valence-electron chi connectivity index (χ2n) is 5.08. The molecule has 0 saturated heterocycles. The number of nitro groups is 1. The fourth-order valence-corrected chi connectivity index (χ4v) is 3.78. The van der Waals surface area contributed by atoms with Crippen LogP contribution < -0.4 is 10.6 Å². The van der Waals surface area contributed by atoms with Gasteiger partial charge in [0, 0.05) is 23.9 Å². The number of pyridine rings is 1. The van der Waals surface area contributed by atoms with E-state index in [0.29, 0.717) is 16.9 Å². The van der Waals surface area contributed by atoms with Crippen molar-refractivity contribution in [3.8, 4) is 0 Å². The van der Waals surface area contributed by atoms with Crippen molar-refractivity contribution in [1.82, 2.24) is 4.98 Å². The van der Waals surface area contributed by atoms with Crippen LogP contribution in [-0.2, 0) is 0 Å². The Labute approximate surface area is 129 Å². The first-order valence-corrected chi connectivity index (χ1v) is 8.46. The number of aromatic nitrogens is 1. The fraction of sp³-hybridized carbons (Fsp3) is 0.643. The summed E-state index contributed by atoms with van der Waals surface area (Å²) in [7, 11) is 0. The van der Waals surface area contributed by atoms with Gasteiger partial charge in [0.2, 0.25) is 5.82 Å². The molecule has 1 fully saturated rings. The second-order valence-corrected chi connectivity index (χ2v) is 6.66. The Morgan fingerprint density at radius 1 is 1.43 bits per heavy atom. The zero-order valence-corrected chi connectivity index (χ0v) is 13.3. The second kappa shape index (κ2) is 7.49. The Hall–Kier alpha value is -1.50. The van der Waals surface area contributed by atoms with Crippen LogP contribution in [-0.4, -0.2) is 33.5 Å². The summed E-state index contributed by atoms with van der Waals surface area (Å²) in [6, 6.07) is 3.44. The van der Waals surface area contributed by atoms with Gasteiger partial charge in [-0.25, -0.2) is 4.98 Å². The van der Waals surface area contributed by atoms with E-state index in [1.165, 1.54) is 6.07 Å². The summed E-state index contributed by atoms with van der Waals surface area (Å²) in [6.45, 7) is 4.88. The van der Waals surface area contributed by atoms with Gasteiger partial charge in [0.15, 0.2) is 0 Å². The average molecular weight is 310 g/mol. The minimum atomic E-state index is -0.377. The van der Waals surface area contributed by atoms with Crippen molar-refractivity contribution in [2.45, 2.75) is 44.4 Å². The molecule has 2 atom stereocenters. The summed E-state index contributed by atoms with van der Waals surface area (Å²) in [5.41, 5.74) is 0.0447. The van der Waals surface area contributed by atoms with Crippen molar-refractivity contribution in [3.05, 3.63) is 22.2 Å². The molecule has 7 heteroatoms. The number of anilines is 2. The van der Waals surface area contributed by atoms with Crippen molar-refractivity contribution >= 4 is 29.1 Å². The molecule has 2 rings (SSSR count). The third kappa shape index (κ3) is 4.23. The van der Waals surface area contributed by atoms with Gasteiger partial charge in [-0.2, -0.15) is 11.8 Å². The van der Waals surface area contributed by atoms with Gasteiger partial charge < -0.3 is 10.6 Å². The summed E-state index contributed by atoms with van der Waals surface area (Å²) >= 11 is 1.97. The van der Waals surface area contributed by atoms with E-state index in [1.807, 2.05) is 18.7 Å². The van der Waals surface area contributed by atoms with Gasteiger partial charge >= 0.3 is 5.69 Å². The molecule has 116 valence electrons. The van der Waals surface area contributed by atoms with Crippen LogP contribution in [0.15, 0.2) is 12.1 Å². The molecule has 6 nitrogen and oxygen atoms in total. The molecule has 1 aromatic rings. The smallest absolute Gasteiger partial charge is 0.311 e. The molecular weight excluding hydrogens is 288 g/mol. The third-order valence-corrected chi connectivity index (χ3v) is 4.79. The van der Waals surface area contributed by atoms with E-state index in [0.717, 1.165) is 31.6 Å². The van der Waals surface area contributed by atoms with Crippen LogP contribution >= 0.6 is 11.8 Å². The van der Waals surface area contributed by atoms with E-state index in [2.05, 4.69) is 22.5 Å². The quantitative estimate of drug-likeness (QED) is 0.592. The zero-order chi connectivity index (χ0) is 15.2. The van der Waals surface area contributed by atoms with Gasteiger partial charge in [-0.3, -0.25) is 10.1 Å². The summed E-state index contributed by atoms with van der Waals surface area (Å²) in [6.07, 6.45) is 3.25. The molecule has 2 unspecified atom stereocenters. The van der Waals surface area contributed by atoms with Gasteiger partial charge in [-0.1, -0.05) is 6.92 Å². The number of nitrogens with one attached hydrogen (secondary N) is 2. The van der Waals surface area contributed by atoms with Gasteiger partial charge in [0.1, 0.15) is 5.82 Å². The maximum atomic E-state index is 11.1. The Morgan fingerprint density at radius 2 is 2.24 bits per heavy atom. The normalized spacial score (nSPS) is 21.2. The maximum Gasteiger partial charge on any atom is 0.311 e. The molecule has 21 heavy (non-hydrogen) atoms. The molecule has 1 heterocycles. The third-order valence-electron chi connectivity index (χ3n) is 3.56. The highest BCUT2D eigenvalue weighted by Crippen LogP contribution is 2.33. The largest absolute Gasteiger partial charge is 0.370 e. The van der Waals surface area contributed by atoms with Crippen molar-refractivity contribution in [2.24, 2.45) is 0 Å². The van der Waals surface area contributed by atoms with Gasteiger partial charge in [-0.05, 0) is 38.0 Å². The molecule has 0 aromatic carbocycles. The molecule has 0 aliphatic heterocycles. The number of nitrogens with zero attached hydrogens (tertiary/aromatic N) is 2. The number of hydrogen-bond acceptors (Lipinski definition) is 6. The van der Waals surface area contributed by atoms with Crippen molar-refractivity contribution in [3.63, 3.8) is 0 Å². The molecule has 0 radical (unpaired) electrons.